The van der Waals surface area contributed by atoms with Crippen molar-refractivity contribution in [3.05, 3.63) is 101 Å². The smallest absolute Gasteiger partial charge is 0.328 e. The fourth-order valence-corrected chi connectivity index (χ4v) is 5.25. The van der Waals surface area contributed by atoms with Crippen molar-refractivity contribution in [2.24, 2.45) is 0 Å². The molecule has 4 aromatic rings. The number of hydrogen-bond donors (Lipinski definition) is 1. The average Bonchev–Trinajstić information content (AvgIpc) is 3.40. The second-order valence-electron chi connectivity index (χ2n) is 9.72. The van der Waals surface area contributed by atoms with Crippen LogP contribution in [0, 0.1) is 0 Å². The van der Waals surface area contributed by atoms with Crippen molar-refractivity contribution in [1.82, 2.24) is 9.78 Å². The molecule has 3 aromatic carbocycles. The van der Waals surface area contributed by atoms with E-state index in [0.717, 1.165) is 58.5 Å². The molecule has 7 heteroatoms. The lowest BCUT2D eigenvalue weighted by Gasteiger charge is -2.22. The van der Waals surface area contributed by atoms with Crippen LogP contribution >= 0.6 is 11.6 Å². The van der Waals surface area contributed by atoms with Crippen LogP contribution in [0.15, 0.2) is 78.9 Å². The van der Waals surface area contributed by atoms with Crippen molar-refractivity contribution in [3.8, 4) is 28.3 Å². The predicted octanol–water partition coefficient (Wildman–Crippen LogP) is 7.93. The van der Waals surface area contributed by atoms with Gasteiger partial charge in [0.15, 0.2) is 0 Å². The standard InChI is InChI=1S/C32H31ClN2O4/c1-38-29-16-17-30(22-7-9-25(33)10-8-22)24(19-29)21-39-28-14-12-27(13-15-28)35-31(23-5-3-2-4-6-23)20-26(34-35)11-18-32(36)37/h7-20,23H,2-6,21H2,1H3,(H,36,37)/b18-11+. The molecule has 0 unspecified atom stereocenters. The Morgan fingerprint density at radius 2 is 1.72 bits per heavy atom. The minimum atomic E-state index is -0.986. The second kappa shape index (κ2) is 12.2. The lowest BCUT2D eigenvalue weighted by atomic mass is 9.86. The molecule has 0 amide bonds. The third-order valence-electron chi connectivity index (χ3n) is 7.12. The van der Waals surface area contributed by atoms with Crippen molar-refractivity contribution in [3.63, 3.8) is 0 Å². The van der Waals surface area contributed by atoms with Crippen molar-refractivity contribution in [1.29, 1.82) is 0 Å². The summed E-state index contributed by atoms with van der Waals surface area (Å²) in [6, 6.07) is 23.6. The van der Waals surface area contributed by atoms with Gasteiger partial charge in [-0.2, -0.15) is 5.10 Å². The maximum absolute atomic E-state index is 11.0. The van der Waals surface area contributed by atoms with E-state index in [1.807, 2.05) is 77.5 Å². The van der Waals surface area contributed by atoms with Crippen molar-refractivity contribution < 1.29 is 19.4 Å². The van der Waals surface area contributed by atoms with Crippen molar-refractivity contribution in [2.75, 3.05) is 7.11 Å². The highest BCUT2D eigenvalue weighted by Gasteiger charge is 2.21. The number of carboxylic acid groups (broad SMARTS) is 1. The zero-order valence-corrected chi connectivity index (χ0v) is 22.6. The second-order valence-corrected chi connectivity index (χ2v) is 10.2. The van der Waals surface area contributed by atoms with Crippen LogP contribution < -0.4 is 9.47 Å². The van der Waals surface area contributed by atoms with Crippen molar-refractivity contribution in [2.45, 2.75) is 44.6 Å². The molecule has 5 rings (SSSR count). The number of aromatic nitrogens is 2. The van der Waals surface area contributed by atoms with Crippen LogP contribution in [0.5, 0.6) is 11.5 Å². The zero-order chi connectivity index (χ0) is 27.2. The van der Waals surface area contributed by atoms with E-state index in [4.69, 9.17) is 31.3 Å². The monoisotopic (exact) mass is 542 g/mol. The van der Waals surface area contributed by atoms with Gasteiger partial charge in [0.2, 0.25) is 0 Å². The Hall–Kier alpha value is -4.03. The molecule has 1 aliphatic rings. The van der Waals surface area contributed by atoms with E-state index < -0.39 is 5.97 Å². The maximum atomic E-state index is 11.0. The van der Waals surface area contributed by atoms with Crippen LogP contribution in [0.2, 0.25) is 5.02 Å². The first kappa shape index (κ1) is 26.6. The molecular weight excluding hydrogens is 512 g/mol. The Bertz CT molecular complexity index is 1450. The molecule has 0 saturated heterocycles. The number of halogens is 1. The van der Waals surface area contributed by atoms with E-state index in [2.05, 4.69) is 0 Å². The summed E-state index contributed by atoms with van der Waals surface area (Å²) in [6.45, 7) is 0.369. The Labute approximate surface area is 233 Å². The highest BCUT2D eigenvalue weighted by atomic mass is 35.5. The third-order valence-corrected chi connectivity index (χ3v) is 7.37. The summed E-state index contributed by atoms with van der Waals surface area (Å²) < 4.78 is 13.6. The topological polar surface area (TPSA) is 73.6 Å². The summed E-state index contributed by atoms with van der Waals surface area (Å²) in [5, 5.41) is 14.5. The van der Waals surface area contributed by atoms with Gasteiger partial charge < -0.3 is 14.6 Å². The van der Waals surface area contributed by atoms with Crippen LogP contribution in [0.4, 0.5) is 0 Å². The first-order valence-electron chi connectivity index (χ1n) is 13.2. The largest absolute Gasteiger partial charge is 0.497 e. The summed E-state index contributed by atoms with van der Waals surface area (Å²) in [4.78, 5) is 11.0. The van der Waals surface area contributed by atoms with E-state index in [-0.39, 0.29) is 0 Å². The number of hydrogen-bond acceptors (Lipinski definition) is 4. The van der Waals surface area contributed by atoms with Crippen LogP contribution in [-0.2, 0) is 11.4 Å². The molecule has 1 heterocycles. The fraction of sp³-hybridized carbons (Fsp3) is 0.250. The molecule has 0 radical (unpaired) electrons. The number of nitrogens with zero attached hydrogens (tertiary/aromatic N) is 2. The van der Waals surface area contributed by atoms with Gasteiger partial charge >= 0.3 is 5.97 Å². The van der Waals surface area contributed by atoms with Gasteiger partial charge in [0.1, 0.15) is 18.1 Å². The van der Waals surface area contributed by atoms with Crippen LogP contribution in [0.1, 0.15) is 55.0 Å². The number of ether oxygens (including phenoxy) is 2. The Morgan fingerprint density at radius 1 is 1.00 bits per heavy atom. The van der Waals surface area contributed by atoms with Gasteiger partial charge in [-0.05, 0) is 84.6 Å². The molecule has 1 saturated carbocycles. The van der Waals surface area contributed by atoms with Gasteiger partial charge in [-0.15, -0.1) is 0 Å². The summed E-state index contributed by atoms with van der Waals surface area (Å²) in [5.41, 5.74) is 5.80. The Balaban J connectivity index is 1.37. The summed E-state index contributed by atoms with van der Waals surface area (Å²) in [6.07, 6.45) is 8.57. The molecule has 0 spiro atoms. The molecule has 6 nitrogen and oxygen atoms in total. The molecule has 1 fully saturated rings. The minimum absolute atomic E-state index is 0.369. The number of carbonyl (C=O) groups is 1. The van der Waals surface area contributed by atoms with Gasteiger partial charge in [0.25, 0.3) is 0 Å². The van der Waals surface area contributed by atoms with Crippen molar-refractivity contribution >= 4 is 23.6 Å². The molecule has 1 aliphatic carbocycles. The number of rotatable bonds is 9. The predicted molar refractivity (Wildman–Crippen MR) is 154 cm³/mol. The lowest BCUT2D eigenvalue weighted by Crippen LogP contribution is -2.11. The first-order valence-corrected chi connectivity index (χ1v) is 13.5. The number of methoxy groups -OCH3 is 1. The molecule has 0 atom stereocenters. The average molecular weight is 543 g/mol. The highest BCUT2D eigenvalue weighted by Crippen LogP contribution is 2.35. The molecule has 0 aliphatic heterocycles. The maximum Gasteiger partial charge on any atom is 0.328 e. The fourth-order valence-electron chi connectivity index (χ4n) is 5.12. The molecular formula is C32H31ClN2O4. The van der Waals surface area contributed by atoms with E-state index in [1.54, 1.807) is 13.2 Å². The van der Waals surface area contributed by atoms with Crippen LogP contribution in [0.3, 0.4) is 0 Å². The van der Waals surface area contributed by atoms with Gasteiger partial charge in [-0.3, -0.25) is 0 Å². The first-order chi connectivity index (χ1) is 19.0. The van der Waals surface area contributed by atoms with E-state index >= 15 is 0 Å². The molecule has 1 aromatic heterocycles. The van der Waals surface area contributed by atoms with Gasteiger partial charge in [-0.1, -0.05) is 49.1 Å². The van der Waals surface area contributed by atoms with E-state index in [1.165, 1.54) is 19.3 Å². The van der Waals surface area contributed by atoms with Crippen LogP contribution in [0.25, 0.3) is 22.9 Å². The quantitative estimate of drug-likeness (QED) is 0.217. The van der Waals surface area contributed by atoms with Gasteiger partial charge in [0.05, 0.1) is 18.5 Å². The summed E-state index contributed by atoms with van der Waals surface area (Å²) in [7, 11) is 1.65. The van der Waals surface area contributed by atoms with Gasteiger partial charge in [-0.25, -0.2) is 9.48 Å². The van der Waals surface area contributed by atoms with Crippen LogP contribution in [-0.4, -0.2) is 28.0 Å². The minimum Gasteiger partial charge on any atom is -0.497 e. The third kappa shape index (κ3) is 6.52. The number of benzene rings is 3. The number of carboxylic acids is 1. The SMILES string of the molecule is COc1ccc(-c2ccc(Cl)cc2)c(COc2ccc(-n3nc(/C=C/C(=O)O)cc3C3CCCCC3)cc2)c1. The molecule has 39 heavy (non-hydrogen) atoms. The summed E-state index contributed by atoms with van der Waals surface area (Å²) in [5.74, 6) is 0.929. The van der Waals surface area contributed by atoms with E-state index in [9.17, 15) is 4.79 Å². The van der Waals surface area contributed by atoms with Gasteiger partial charge in [0, 0.05) is 28.3 Å². The summed E-state index contributed by atoms with van der Waals surface area (Å²) >= 11 is 6.09. The van der Waals surface area contributed by atoms with E-state index in [0.29, 0.717) is 23.2 Å². The zero-order valence-electron chi connectivity index (χ0n) is 21.8. The molecule has 1 N–H and O–H groups in total. The number of aliphatic carboxylic acids is 1. The normalized spacial score (nSPS) is 14.0. The Kier molecular flexibility index (Phi) is 8.33. The molecule has 0 bridgehead atoms. The Morgan fingerprint density at radius 3 is 2.41 bits per heavy atom. The molecule has 200 valence electrons. The highest BCUT2D eigenvalue weighted by molar-refractivity contribution is 6.30. The lowest BCUT2D eigenvalue weighted by molar-refractivity contribution is -0.131.